The van der Waals surface area contributed by atoms with Crippen LogP contribution in [0.15, 0.2) is 0 Å². The van der Waals surface area contributed by atoms with E-state index in [9.17, 15) is 4.79 Å². The van der Waals surface area contributed by atoms with Crippen LogP contribution < -0.4 is 5.32 Å². The summed E-state index contributed by atoms with van der Waals surface area (Å²) in [7, 11) is 1.42. The lowest BCUT2D eigenvalue weighted by Gasteiger charge is -2.25. The lowest BCUT2D eigenvalue weighted by atomic mass is 10.3. The number of methoxy groups -OCH3 is 1. The second-order valence-corrected chi connectivity index (χ2v) is 4.10. The van der Waals surface area contributed by atoms with E-state index in [2.05, 4.69) is 17.0 Å². The molecule has 0 saturated carbocycles. The fraction of sp³-hybridized carbons (Fsp3) is 0.857. The first kappa shape index (κ1) is 8.87. The molecule has 1 N–H and O–H groups in total. The third kappa shape index (κ3) is 2.38. The molecule has 0 aromatic heterocycles. The molecule has 1 saturated heterocycles. The predicted molar refractivity (Wildman–Crippen MR) is 45.7 cm³/mol. The summed E-state index contributed by atoms with van der Waals surface area (Å²) in [5.41, 5.74) is 0. The highest BCUT2D eigenvalue weighted by atomic mass is 32.2. The first-order valence-electron chi connectivity index (χ1n) is 3.67. The third-order valence-electron chi connectivity index (χ3n) is 1.68. The maximum Gasteiger partial charge on any atom is 0.323 e. The van der Waals surface area contributed by atoms with Gasteiger partial charge in [-0.05, 0) is 0 Å². The van der Waals surface area contributed by atoms with Gasteiger partial charge in [0.1, 0.15) is 6.04 Å². The molecule has 2 unspecified atom stereocenters. The van der Waals surface area contributed by atoms with E-state index < -0.39 is 0 Å². The molecular formula is C7H13NO2S. The van der Waals surface area contributed by atoms with Gasteiger partial charge < -0.3 is 10.1 Å². The maximum absolute atomic E-state index is 11.0. The number of carbonyl (C=O) groups is 1. The fourth-order valence-electron chi connectivity index (χ4n) is 0.980. The van der Waals surface area contributed by atoms with E-state index in [1.807, 2.05) is 0 Å². The third-order valence-corrected chi connectivity index (χ3v) is 2.95. The Morgan fingerprint density at radius 2 is 2.45 bits per heavy atom. The Balaban J connectivity index is 2.33. The van der Waals surface area contributed by atoms with Crippen LogP contribution >= 0.6 is 11.8 Å². The predicted octanol–water partition coefficient (Wildman–Crippen LogP) is 0.253. The van der Waals surface area contributed by atoms with Crippen molar-refractivity contribution in [3.63, 3.8) is 0 Å². The van der Waals surface area contributed by atoms with Crippen molar-refractivity contribution in [3.05, 3.63) is 0 Å². The molecule has 3 nitrogen and oxygen atoms in total. The average molecular weight is 175 g/mol. The number of ether oxygens (including phenoxy) is 1. The number of hydrogen-bond acceptors (Lipinski definition) is 4. The number of carbonyl (C=O) groups excluding carboxylic acids is 1. The molecule has 64 valence electrons. The lowest BCUT2D eigenvalue weighted by molar-refractivity contribution is -0.142. The molecule has 0 aromatic carbocycles. The maximum atomic E-state index is 11.0. The van der Waals surface area contributed by atoms with Gasteiger partial charge in [0.25, 0.3) is 0 Å². The molecule has 2 atom stereocenters. The minimum absolute atomic E-state index is 0.0961. The van der Waals surface area contributed by atoms with Crippen molar-refractivity contribution in [2.24, 2.45) is 0 Å². The van der Waals surface area contributed by atoms with Gasteiger partial charge in [-0.1, -0.05) is 6.92 Å². The van der Waals surface area contributed by atoms with Crippen LogP contribution in [0.2, 0.25) is 0 Å². The van der Waals surface area contributed by atoms with Crippen molar-refractivity contribution < 1.29 is 9.53 Å². The van der Waals surface area contributed by atoms with Crippen molar-refractivity contribution in [1.29, 1.82) is 0 Å². The quantitative estimate of drug-likeness (QED) is 0.580. The highest BCUT2D eigenvalue weighted by Gasteiger charge is 2.24. The van der Waals surface area contributed by atoms with Crippen LogP contribution in [0.3, 0.4) is 0 Å². The standard InChI is InChI=1S/C7H13NO2S/c1-5-3-8-6(4-11-5)7(9)10-2/h5-6,8H,3-4H2,1-2H3. The molecule has 0 aliphatic carbocycles. The summed E-state index contributed by atoms with van der Waals surface area (Å²) < 4.78 is 4.61. The molecule has 0 amide bonds. The van der Waals surface area contributed by atoms with Crippen LogP contribution in [0, 0.1) is 0 Å². The Kier molecular flexibility index (Phi) is 3.20. The summed E-state index contributed by atoms with van der Waals surface area (Å²) in [6.07, 6.45) is 0. The van der Waals surface area contributed by atoms with E-state index in [0.717, 1.165) is 12.3 Å². The number of thioether (sulfide) groups is 1. The summed E-state index contributed by atoms with van der Waals surface area (Å²) in [5, 5.41) is 3.73. The zero-order chi connectivity index (χ0) is 8.27. The molecule has 0 aromatic rings. The van der Waals surface area contributed by atoms with Gasteiger partial charge in [-0.25, -0.2) is 0 Å². The Bertz CT molecular complexity index is 143. The molecule has 1 rings (SSSR count). The molecular weight excluding hydrogens is 162 g/mol. The molecule has 1 aliphatic rings. The Hall–Kier alpha value is -0.220. The molecule has 4 heteroatoms. The summed E-state index contributed by atoms with van der Waals surface area (Å²) in [4.78, 5) is 11.0. The smallest absolute Gasteiger partial charge is 0.323 e. The largest absolute Gasteiger partial charge is 0.468 e. The van der Waals surface area contributed by atoms with E-state index in [4.69, 9.17) is 0 Å². The number of hydrogen-bond donors (Lipinski definition) is 1. The molecule has 0 radical (unpaired) electrons. The van der Waals surface area contributed by atoms with Crippen LogP contribution in [0.4, 0.5) is 0 Å². The van der Waals surface area contributed by atoms with Gasteiger partial charge in [-0.2, -0.15) is 11.8 Å². The molecule has 1 aliphatic heterocycles. The van der Waals surface area contributed by atoms with Gasteiger partial charge in [-0.15, -0.1) is 0 Å². The van der Waals surface area contributed by atoms with E-state index in [0.29, 0.717) is 5.25 Å². The molecule has 1 heterocycles. The second-order valence-electron chi connectivity index (χ2n) is 2.63. The minimum Gasteiger partial charge on any atom is -0.468 e. The van der Waals surface area contributed by atoms with Crippen molar-refractivity contribution in [2.45, 2.75) is 18.2 Å². The number of nitrogens with one attached hydrogen (secondary N) is 1. The van der Waals surface area contributed by atoms with Crippen molar-refractivity contribution in [1.82, 2.24) is 5.32 Å². The molecule has 1 fully saturated rings. The van der Waals surface area contributed by atoms with Crippen LogP contribution in [0.1, 0.15) is 6.92 Å². The SMILES string of the molecule is COC(=O)C1CSC(C)CN1. The topological polar surface area (TPSA) is 38.3 Å². The van der Waals surface area contributed by atoms with Crippen LogP contribution in [-0.4, -0.2) is 36.7 Å². The number of esters is 1. The number of rotatable bonds is 1. The molecule has 0 bridgehead atoms. The van der Waals surface area contributed by atoms with Gasteiger partial charge >= 0.3 is 5.97 Å². The average Bonchev–Trinajstić information content (AvgIpc) is 2.05. The summed E-state index contributed by atoms with van der Waals surface area (Å²) >= 11 is 1.81. The van der Waals surface area contributed by atoms with Crippen molar-refractivity contribution >= 4 is 17.7 Å². The highest BCUT2D eigenvalue weighted by Crippen LogP contribution is 2.16. The van der Waals surface area contributed by atoms with Crippen molar-refractivity contribution in [2.75, 3.05) is 19.4 Å². The lowest BCUT2D eigenvalue weighted by Crippen LogP contribution is -2.46. The summed E-state index contributed by atoms with van der Waals surface area (Å²) in [6, 6.07) is -0.0961. The van der Waals surface area contributed by atoms with E-state index in [1.165, 1.54) is 7.11 Å². The molecule has 0 spiro atoms. The van der Waals surface area contributed by atoms with Gasteiger partial charge in [0, 0.05) is 17.5 Å². The second kappa shape index (κ2) is 3.97. The zero-order valence-corrected chi connectivity index (χ0v) is 7.61. The zero-order valence-electron chi connectivity index (χ0n) is 6.79. The molecule has 11 heavy (non-hydrogen) atoms. The van der Waals surface area contributed by atoms with Gasteiger partial charge in [-0.3, -0.25) is 4.79 Å². The van der Waals surface area contributed by atoms with Gasteiger partial charge in [0.15, 0.2) is 0 Å². The normalized spacial score (nSPS) is 31.5. The highest BCUT2D eigenvalue weighted by molar-refractivity contribution is 8.00. The fourth-order valence-corrected chi connectivity index (χ4v) is 1.97. The first-order valence-corrected chi connectivity index (χ1v) is 4.71. The van der Waals surface area contributed by atoms with Crippen LogP contribution in [-0.2, 0) is 9.53 Å². The first-order chi connectivity index (χ1) is 5.24. The van der Waals surface area contributed by atoms with Crippen LogP contribution in [0.5, 0.6) is 0 Å². The summed E-state index contributed by atoms with van der Waals surface area (Å²) in [6.45, 7) is 3.04. The Morgan fingerprint density at radius 1 is 1.73 bits per heavy atom. The summed E-state index contributed by atoms with van der Waals surface area (Å²) in [5.74, 6) is 0.679. The monoisotopic (exact) mass is 175 g/mol. The van der Waals surface area contributed by atoms with Crippen LogP contribution in [0.25, 0.3) is 0 Å². The van der Waals surface area contributed by atoms with Gasteiger partial charge in [0.05, 0.1) is 7.11 Å². The van der Waals surface area contributed by atoms with E-state index >= 15 is 0 Å². The van der Waals surface area contributed by atoms with Gasteiger partial charge in [0.2, 0.25) is 0 Å². The minimum atomic E-state index is -0.149. The van der Waals surface area contributed by atoms with E-state index in [-0.39, 0.29) is 12.0 Å². The Morgan fingerprint density at radius 3 is 2.91 bits per heavy atom. The van der Waals surface area contributed by atoms with Crippen molar-refractivity contribution in [3.8, 4) is 0 Å². The Labute approximate surface area is 70.9 Å². The van der Waals surface area contributed by atoms with E-state index in [1.54, 1.807) is 11.8 Å².